The van der Waals surface area contributed by atoms with E-state index in [1.54, 1.807) is 12.1 Å². The van der Waals surface area contributed by atoms with E-state index in [2.05, 4.69) is 10.2 Å². The Balaban J connectivity index is 1.80. The van der Waals surface area contributed by atoms with Crippen molar-refractivity contribution in [1.29, 1.82) is 0 Å². The largest absolute Gasteiger partial charge is 0.493 e. The summed E-state index contributed by atoms with van der Waals surface area (Å²) in [7, 11) is -3.66. The summed E-state index contributed by atoms with van der Waals surface area (Å²) in [5, 5.41) is 13.0. The number of hydrogen-bond acceptors (Lipinski definition) is 8. The van der Waals surface area contributed by atoms with Crippen molar-refractivity contribution >= 4 is 38.3 Å². The van der Waals surface area contributed by atoms with E-state index in [9.17, 15) is 8.42 Å². The lowest BCUT2D eigenvalue weighted by Gasteiger charge is -2.05. The van der Waals surface area contributed by atoms with Gasteiger partial charge in [-0.15, -0.1) is 10.2 Å². The first-order valence-electron chi connectivity index (χ1n) is 5.42. The second kappa shape index (κ2) is 6.39. The third-order valence-corrected chi connectivity index (χ3v) is 4.93. The maximum absolute atomic E-state index is 11.1. The van der Waals surface area contributed by atoms with Gasteiger partial charge >= 0.3 is 0 Å². The normalized spacial score (nSPS) is 11.4. The second-order valence-corrected chi connectivity index (χ2v) is 7.53. The highest BCUT2D eigenvalue weighted by Crippen LogP contribution is 2.23. The van der Waals surface area contributed by atoms with E-state index in [1.807, 2.05) is 0 Å². The van der Waals surface area contributed by atoms with E-state index >= 15 is 0 Å². The van der Waals surface area contributed by atoms with E-state index in [0.29, 0.717) is 23.2 Å². The number of rotatable bonds is 6. The van der Waals surface area contributed by atoms with Crippen LogP contribution in [0.3, 0.4) is 0 Å². The number of primary sulfonamides is 1. The summed E-state index contributed by atoms with van der Waals surface area (Å²) >= 11 is 2.81. The van der Waals surface area contributed by atoms with Crippen LogP contribution in [0.1, 0.15) is 0 Å². The highest BCUT2D eigenvalue weighted by atomic mass is 32.2. The summed E-state index contributed by atoms with van der Waals surface area (Å²) < 4.78 is 28.4. The Morgan fingerprint density at radius 1 is 1.25 bits per heavy atom. The lowest BCUT2D eigenvalue weighted by Crippen LogP contribution is -2.11. The van der Waals surface area contributed by atoms with Gasteiger partial charge in [0, 0.05) is 5.75 Å². The van der Waals surface area contributed by atoms with Gasteiger partial charge in [0.25, 0.3) is 0 Å². The van der Waals surface area contributed by atoms with Crippen LogP contribution < -0.4 is 15.6 Å². The van der Waals surface area contributed by atoms with Gasteiger partial charge in [0.05, 0.1) is 11.5 Å². The summed E-state index contributed by atoms with van der Waals surface area (Å²) in [5.41, 5.74) is 5.46. The maximum atomic E-state index is 11.1. The molecule has 0 saturated carbocycles. The molecule has 0 atom stereocenters. The van der Waals surface area contributed by atoms with Gasteiger partial charge in [0.15, 0.2) is 4.34 Å². The number of sulfonamides is 1. The average Bonchev–Trinajstić information content (AvgIpc) is 2.80. The van der Waals surface area contributed by atoms with E-state index in [1.165, 1.54) is 35.2 Å². The van der Waals surface area contributed by atoms with Gasteiger partial charge < -0.3 is 10.5 Å². The van der Waals surface area contributed by atoms with Crippen LogP contribution in [-0.4, -0.2) is 31.0 Å². The van der Waals surface area contributed by atoms with Crippen molar-refractivity contribution in [3.05, 3.63) is 24.3 Å². The molecule has 0 saturated heterocycles. The molecule has 7 nitrogen and oxygen atoms in total. The first-order chi connectivity index (χ1) is 9.45. The molecule has 20 heavy (non-hydrogen) atoms. The SMILES string of the molecule is Nc1nnc(SCCOc2ccc(S(N)(=O)=O)cc2)s1. The number of benzene rings is 1. The molecule has 2 aromatic rings. The summed E-state index contributed by atoms with van der Waals surface area (Å²) in [6, 6.07) is 5.94. The molecule has 1 aromatic heterocycles. The molecule has 0 aliphatic carbocycles. The van der Waals surface area contributed by atoms with Crippen molar-refractivity contribution in [1.82, 2.24) is 10.2 Å². The summed E-state index contributed by atoms with van der Waals surface area (Å²) in [5.74, 6) is 1.26. The van der Waals surface area contributed by atoms with Crippen LogP contribution in [0.2, 0.25) is 0 Å². The summed E-state index contributed by atoms with van der Waals surface area (Å²) in [6.07, 6.45) is 0. The molecule has 1 heterocycles. The molecular weight excluding hydrogens is 320 g/mol. The Hall–Kier alpha value is -1.36. The molecule has 0 radical (unpaired) electrons. The molecule has 0 aliphatic heterocycles. The zero-order chi connectivity index (χ0) is 14.6. The molecule has 0 amide bonds. The number of nitrogen functional groups attached to an aromatic ring is 1. The van der Waals surface area contributed by atoms with E-state index in [-0.39, 0.29) is 4.90 Å². The van der Waals surface area contributed by atoms with Crippen molar-refractivity contribution in [3.63, 3.8) is 0 Å². The first-order valence-corrected chi connectivity index (χ1v) is 8.77. The van der Waals surface area contributed by atoms with Crippen LogP contribution >= 0.6 is 23.1 Å². The predicted octanol–water partition coefficient (Wildman–Crippen LogP) is 0.939. The molecule has 0 bridgehead atoms. The van der Waals surface area contributed by atoms with Gasteiger partial charge in [-0.1, -0.05) is 23.1 Å². The molecule has 108 valence electrons. The fourth-order valence-corrected chi connectivity index (χ4v) is 3.33. The number of ether oxygens (including phenoxy) is 1. The molecule has 0 spiro atoms. The maximum Gasteiger partial charge on any atom is 0.238 e. The van der Waals surface area contributed by atoms with Gasteiger partial charge in [-0.25, -0.2) is 13.6 Å². The number of aromatic nitrogens is 2. The highest BCUT2D eigenvalue weighted by Gasteiger charge is 2.07. The Bertz CT molecular complexity index is 669. The number of nitrogens with two attached hydrogens (primary N) is 2. The lowest BCUT2D eigenvalue weighted by molar-refractivity contribution is 0.343. The Morgan fingerprint density at radius 3 is 2.50 bits per heavy atom. The number of thioether (sulfide) groups is 1. The third kappa shape index (κ3) is 4.34. The lowest BCUT2D eigenvalue weighted by atomic mass is 10.3. The summed E-state index contributed by atoms with van der Waals surface area (Å²) in [4.78, 5) is 0.0589. The zero-order valence-electron chi connectivity index (χ0n) is 10.2. The molecule has 0 unspecified atom stereocenters. The summed E-state index contributed by atoms with van der Waals surface area (Å²) in [6.45, 7) is 0.457. The van der Waals surface area contributed by atoms with Crippen LogP contribution in [0.25, 0.3) is 0 Å². The van der Waals surface area contributed by atoms with Gasteiger partial charge in [0.1, 0.15) is 5.75 Å². The van der Waals surface area contributed by atoms with Crippen molar-refractivity contribution in [3.8, 4) is 5.75 Å². The quantitative estimate of drug-likeness (QED) is 0.596. The van der Waals surface area contributed by atoms with Crippen LogP contribution in [-0.2, 0) is 10.0 Å². The molecule has 10 heteroatoms. The zero-order valence-corrected chi connectivity index (χ0v) is 12.7. The minimum atomic E-state index is -3.66. The topological polar surface area (TPSA) is 121 Å². The van der Waals surface area contributed by atoms with E-state index in [4.69, 9.17) is 15.6 Å². The van der Waals surface area contributed by atoms with E-state index < -0.39 is 10.0 Å². The van der Waals surface area contributed by atoms with Gasteiger partial charge in [-0.05, 0) is 24.3 Å². The highest BCUT2D eigenvalue weighted by molar-refractivity contribution is 8.01. The molecule has 4 N–H and O–H groups in total. The Kier molecular flexibility index (Phi) is 4.81. The smallest absolute Gasteiger partial charge is 0.238 e. The van der Waals surface area contributed by atoms with Crippen molar-refractivity contribution in [2.75, 3.05) is 18.1 Å². The number of nitrogens with zero attached hydrogens (tertiary/aromatic N) is 2. The second-order valence-electron chi connectivity index (χ2n) is 3.62. The monoisotopic (exact) mass is 332 g/mol. The molecule has 1 aromatic carbocycles. The molecule has 0 fully saturated rings. The fraction of sp³-hybridized carbons (Fsp3) is 0.200. The molecular formula is C10H12N4O3S3. The predicted molar refractivity (Wildman–Crippen MR) is 78.4 cm³/mol. The van der Waals surface area contributed by atoms with Gasteiger partial charge in [-0.3, -0.25) is 0 Å². The third-order valence-electron chi connectivity index (χ3n) is 2.15. The van der Waals surface area contributed by atoms with Gasteiger partial charge in [0.2, 0.25) is 15.2 Å². The molecule has 2 rings (SSSR count). The van der Waals surface area contributed by atoms with Crippen LogP contribution in [0.4, 0.5) is 5.13 Å². The minimum absolute atomic E-state index is 0.0589. The van der Waals surface area contributed by atoms with Gasteiger partial charge in [-0.2, -0.15) is 0 Å². The number of anilines is 1. The Labute approximate surface area is 124 Å². The molecule has 0 aliphatic rings. The van der Waals surface area contributed by atoms with Crippen molar-refractivity contribution in [2.45, 2.75) is 9.24 Å². The van der Waals surface area contributed by atoms with Crippen LogP contribution in [0.5, 0.6) is 5.75 Å². The number of hydrogen-bond donors (Lipinski definition) is 2. The van der Waals surface area contributed by atoms with E-state index in [0.717, 1.165) is 4.34 Å². The first kappa shape index (κ1) is 15.0. The van der Waals surface area contributed by atoms with Crippen LogP contribution in [0, 0.1) is 0 Å². The Morgan fingerprint density at radius 2 is 1.95 bits per heavy atom. The minimum Gasteiger partial charge on any atom is -0.493 e. The fourth-order valence-electron chi connectivity index (χ4n) is 1.29. The van der Waals surface area contributed by atoms with Crippen LogP contribution in [0.15, 0.2) is 33.5 Å². The average molecular weight is 332 g/mol. The standard InChI is InChI=1S/C10H12N4O3S3/c11-9-13-14-10(19-9)18-6-5-17-7-1-3-8(4-2-7)20(12,15)16/h1-4H,5-6H2,(H2,11,13)(H2,12,15,16). The van der Waals surface area contributed by atoms with Crippen molar-refractivity contribution < 1.29 is 13.2 Å². The van der Waals surface area contributed by atoms with Crippen molar-refractivity contribution in [2.24, 2.45) is 5.14 Å².